The van der Waals surface area contributed by atoms with Crippen LogP contribution in [0.3, 0.4) is 0 Å². The van der Waals surface area contributed by atoms with E-state index in [9.17, 15) is 19.6 Å². The lowest BCUT2D eigenvalue weighted by molar-refractivity contribution is -0.157. The van der Waals surface area contributed by atoms with Gasteiger partial charge in [-0.1, -0.05) is 19.9 Å². The molecule has 7 aliphatic heterocycles. The van der Waals surface area contributed by atoms with Gasteiger partial charge in [0.2, 0.25) is 6.79 Å². The molecule has 0 amide bonds. The van der Waals surface area contributed by atoms with E-state index in [2.05, 4.69) is 27.3 Å². The highest BCUT2D eigenvalue weighted by molar-refractivity contribution is 7.99. The Morgan fingerprint density at radius 3 is 2.34 bits per heavy atom. The Hall–Kier alpha value is -5.54. The van der Waals surface area contributed by atoms with E-state index in [1.807, 2.05) is 34.7 Å². The van der Waals surface area contributed by atoms with Gasteiger partial charge >= 0.3 is 23.9 Å². The van der Waals surface area contributed by atoms with Crippen molar-refractivity contribution in [1.29, 1.82) is 5.26 Å². The van der Waals surface area contributed by atoms with E-state index in [0.717, 1.165) is 22.3 Å². The Bertz CT molecular complexity index is 2540. The van der Waals surface area contributed by atoms with E-state index < -0.39 is 58.8 Å². The van der Waals surface area contributed by atoms with Crippen molar-refractivity contribution in [3.63, 3.8) is 0 Å². The molecule has 0 aromatic heterocycles. The van der Waals surface area contributed by atoms with Gasteiger partial charge < -0.3 is 37.9 Å². The number of methoxy groups -OCH3 is 2. The van der Waals surface area contributed by atoms with Gasteiger partial charge in [0.1, 0.15) is 18.4 Å². The number of aryl methyl sites for hydroxylation is 1. The number of likely N-dealkylation sites (N-methyl/N-ethyl adjacent to an activating group) is 1. The minimum Gasteiger partial charge on any atom is -0.493 e. The smallest absolute Gasteiger partial charge is 0.331 e. The molecule has 2 saturated heterocycles. The maximum absolute atomic E-state index is 15.1. The second-order valence-corrected chi connectivity index (χ2v) is 18.6. The second-order valence-electron chi connectivity index (χ2n) is 17.5. The number of piperazine rings is 1. The molecular weight excluding hydrogens is 857 g/mol. The summed E-state index contributed by atoms with van der Waals surface area (Å²) < 4.78 is 49.1. The Kier molecular flexibility index (Phi) is 11.9. The molecular formula is C48H54N4O12S. The monoisotopic (exact) mass is 910 g/mol. The van der Waals surface area contributed by atoms with Crippen LogP contribution in [0.25, 0.3) is 0 Å². The van der Waals surface area contributed by atoms with Crippen molar-refractivity contribution >= 4 is 35.6 Å². The first-order valence-electron chi connectivity index (χ1n) is 22.2. The van der Waals surface area contributed by atoms with Crippen molar-refractivity contribution in [3.05, 3.63) is 62.7 Å². The number of thioether (sulfide) groups is 1. The average molecular weight is 911 g/mol. The Morgan fingerprint density at radius 2 is 1.65 bits per heavy atom. The first-order chi connectivity index (χ1) is 31.3. The van der Waals surface area contributed by atoms with Crippen molar-refractivity contribution in [3.8, 4) is 46.3 Å². The fourth-order valence-electron chi connectivity index (χ4n) is 11.1. The number of nitriles is 1. The van der Waals surface area contributed by atoms with E-state index in [-0.39, 0.29) is 49.5 Å². The van der Waals surface area contributed by atoms with Crippen LogP contribution in [0.4, 0.5) is 0 Å². The molecule has 0 saturated carbocycles. The van der Waals surface area contributed by atoms with Gasteiger partial charge in [-0.25, -0.2) is 4.79 Å². The lowest BCUT2D eigenvalue weighted by atomic mass is 9.71. The van der Waals surface area contributed by atoms with Gasteiger partial charge in [0.15, 0.2) is 40.0 Å². The minimum atomic E-state index is -1.43. The summed E-state index contributed by atoms with van der Waals surface area (Å²) in [7, 11) is 5.04. The van der Waals surface area contributed by atoms with Crippen LogP contribution in [0, 0.1) is 25.2 Å². The molecule has 1 unspecified atom stereocenters. The minimum absolute atomic E-state index is 0.0874. The molecule has 4 bridgehead atoms. The van der Waals surface area contributed by atoms with Crippen LogP contribution >= 0.6 is 11.8 Å². The molecule has 344 valence electrons. The zero-order valence-electron chi connectivity index (χ0n) is 37.9. The Labute approximate surface area is 382 Å². The fraction of sp³-hybridized carbons (Fsp3) is 0.521. The lowest BCUT2D eigenvalue weighted by Crippen LogP contribution is -2.69. The number of carbonyl (C=O) groups is 4. The van der Waals surface area contributed by atoms with Gasteiger partial charge in [-0.2, -0.15) is 5.26 Å². The standard InChI is InChI=1S/C48H54N4O12S/c1-9-11-34(54)63-33-17-26-13-14-50-48(28(26)18-32(33)57-7)21-65-46-38-37(44-43(60-22-61-44)24(4)42(38)62-25(5)53)31(20-59-47(48)56)52-30(19-49)29-16-27-15-23(3)41(58-8)45(64-35(55)12-10-2)36(27)39(40(46)52)51(29)6/h15,17-18,29-31,39-40,46,50H,9-14,16,20-22H2,1-8H3/t29-,30-,31-,39-,40?,46+,48+/m0/s1. The third kappa shape index (κ3) is 7.06. The number of esters is 4. The third-order valence-electron chi connectivity index (χ3n) is 13.7. The van der Waals surface area contributed by atoms with Gasteiger partial charge in [-0.3, -0.25) is 29.5 Å². The third-order valence-corrected chi connectivity index (χ3v) is 15.2. The van der Waals surface area contributed by atoms with E-state index >= 15 is 4.79 Å². The van der Waals surface area contributed by atoms with E-state index in [4.69, 9.17) is 37.9 Å². The SMILES string of the molecule is CCCC(=O)Oc1cc2c(cc1OC)[C@@]1(CS[C@@H]3c4c(OC(C)=O)c(C)c5c(c4[C@H](COC1=O)N1C3[C@@H]3c4c(cc(C)c(OC)c4OC(=O)CCC)C[C@@H]([C@@H]1C#N)N3C)OCO5)NCC2. The van der Waals surface area contributed by atoms with Crippen molar-refractivity contribution in [2.24, 2.45) is 0 Å². The summed E-state index contributed by atoms with van der Waals surface area (Å²) in [5.74, 6) is 0.731. The summed E-state index contributed by atoms with van der Waals surface area (Å²) in [6.45, 7) is 9.01. The quantitative estimate of drug-likeness (QED) is 0.195. The molecule has 10 rings (SSSR count). The van der Waals surface area contributed by atoms with E-state index in [1.165, 1.54) is 25.8 Å². The lowest BCUT2D eigenvalue weighted by Gasteiger charge is -2.62. The summed E-state index contributed by atoms with van der Waals surface area (Å²) in [6.07, 6.45) is 2.61. The van der Waals surface area contributed by atoms with Crippen molar-refractivity contribution in [1.82, 2.24) is 15.1 Å². The molecule has 7 heterocycles. The van der Waals surface area contributed by atoms with Crippen LogP contribution < -0.4 is 38.5 Å². The van der Waals surface area contributed by atoms with Crippen LogP contribution in [0.5, 0.6) is 40.2 Å². The van der Waals surface area contributed by atoms with Gasteiger partial charge in [-0.15, -0.1) is 11.8 Å². The zero-order valence-corrected chi connectivity index (χ0v) is 38.7. The maximum Gasteiger partial charge on any atom is 0.331 e. The number of rotatable bonds is 9. The number of ether oxygens (including phenoxy) is 8. The maximum atomic E-state index is 15.1. The molecule has 16 nitrogen and oxygen atoms in total. The molecule has 1 spiro atoms. The van der Waals surface area contributed by atoms with Crippen LogP contribution in [0.1, 0.15) is 108 Å². The number of nitrogens with one attached hydrogen (secondary N) is 1. The van der Waals surface area contributed by atoms with Crippen LogP contribution in [0.2, 0.25) is 0 Å². The molecule has 3 aromatic carbocycles. The van der Waals surface area contributed by atoms with Gasteiger partial charge in [-0.05, 0) is 81.0 Å². The molecule has 0 radical (unpaired) electrons. The molecule has 17 heteroatoms. The summed E-state index contributed by atoms with van der Waals surface area (Å²) >= 11 is 1.47. The first kappa shape index (κ1) is 44.7. The number of carbonyl (C=O) groups excluding carboxylic acids is 4. The molecule has 1 N–H and O–H groups in total. The van der Waals surface area contributed by atoms with Gasteiger partial charge in [0.05, 0.1) is 37.6 Å². The summed E-state index contributed by atoms with van der Waals surface area (Å²) in [5, 5.41) is 14.3. The van der Waals surface area contributed by atoms with Crippen molar-refractivity contribution in [2.45, 2.75) is 114 Å². The number of hydrogen-bond donors (Lipinski definition) is 1. The largest absolute Gasteiger partial charge is 0.493 e. The first-order valence-corrected chi connectivity index (χ1v) is 23.3. The van der Waals surface area contributed by atoms with E-state index in [0.29, 0.717) is 83.2 Å². The predicted octanol–water partition coefficient (Wildman–Crippen LogP) is 5.99. The molecule has 2 fully saturated rings. The summed E-state index contributed by atoms with van der Waals surface area (Å²) in [5.41, 5.74) is 4.32. The predicted molar refractivity (Wildman–Crippen MR) is 236 cm³/mol. The second kappa shape index (κ2) is 17.4. The van der Waals surface area contributed by atoms with Crippen molar-refractivity contribution in [2.75, 3.05) is 47.0 Å². The van der Waals surface area contributed by atoms with Gasteiger partial charge in [0.25, 0.3) is 0 Å². The Balaban J connectivity index is 1.30. The van der Waals surface area contributed by atoms with Gasteiger partial charge in [0, 0.05) is 66.4 Å². The normalized spacial score (nSPS) is 26.1. The molecule has 3 aromatic rings. The highest BCUT2D eigenvalue weighted by atomic mass is 32.2. The fourth-order valence-corrected chi connectivity index (χ4v) is 12.8. The van der Waals surface area contributed by atoms with Crippen LogP contribution in [-0.4, -0.2) is 98.8 Å². The van der Waals surface area contributed by atoms with Crippen LogP contribution in [0.15, 0.2) is 18.2 Å². The topological polar surface area (TPSA) is 184 Å². The highest BCUT2D eigenvalue weighted by Gasteiger charge is 2.62. The molecule has 65 heavy (non-hydrogen) atoms. The van der Waals surface area contributed by atoms with Crippen LogP contribution in [-0.2, 0) is 42.3 Å². The Morgan fingerprint density at radius 1 is 0.908 bits per heavy atom. The molecule has 0 aliphatic carbocycles. The number of hydrogen-bond acceptors (Lipinski definition) is 17. The number of nitrogens with zero attached hydrogens (tertiary/aromatic N) is 3. The number of benzene rings is 3. The molecule has 7 aliphatic rings. The zero-order chi connectivity index (χ0) is 46.1. The average Bonchev–Trinajstić information content (AvgIpc) is 3.77. The highest BCUT2D eigenvalue weighted by Crippen LogP contribution is 2.65. The summed E-state index contributed by atoms with van der Waals surface area (Å²) in [4.78, 5) is 58.9. The number of fused-ring (bicyclic) bond motifs is 9. The van der Waals surface area contributed by atoms with E-state index in [1.54, 1.807) is 19.2 Å². The van der Waals surface area contributed by atoms with Crippen molar-refractivity contribution < 1.29 is 57.1 Å². The summed E-state index contributed by atoms with van der Waals surface area (Å²) in [6, 6.07) is 5.24. The molecule has 7 atom stereocenters.